The van der Waals surface area contributed by atoms with Gasteiger partial charge in [-0.15, -0.1) is 0 Å². The zero-order valence-corrected chi connectivity index (χ0v) is 28.7. The Labute approximate surface area is 308 Å². The second-order valence-electron chi connectivity index (χ2n) is 11.7. The zero-order valence-electron chi connectivity index (χ0n) is 27.8. The Morgan fingerprint density at radius 2 is 1.63 bits per heavy atom. The van der Waals surface area contributed by atoms with Gasteiger partial charge in [-0.2, -0.15) is 17.6 Å². The van der Waals surface area contributed by atoms with Crippen molar-refractivity contribution >= 4 is 71.0 Å². The average Bonchev–Trinajstić information content (AvgIpc) is 3.13. The number of fused-ring (bicyclic) bond motifs is 1. The third kappa shape index (κ3) is 10.6. The topological polar surface area (TPSA) is 370 Å². The van der Waals surface area contributed by atoms with Crippen molar-refractivity contribution in [3.63, 3.8) is 0 Å². The van der Waals surface area contributed by atoms with Crippen molar-refractivity contribution in [2.45, 2.75) is 62.1 Å². The van der Waals surface area contributed by atoms with Crippen molar-refractivity contribution in [3.8, 4) is 0 Å². The number of aliphatic hydroxyl groups excluding tert-OH is 3. The maximum Gasteiger partial charge on any atom is 0.327 e. The maximum atomic E-state index is 12.8. The highest BCUT2D eigenvalue weighted by molar-refractivity contribution is 7.80. The van der Waals surface area contributed by atoms with Crippen LogP contribution in [0.2, 0.25) is 0 Å². The van der Waals surface area contributed by atoms with E-state index in [1.807, 2.05) is 0 Å². The number of hydrogen-bond donors (Lipinski definition) is 13. The smallest absolute Gasteiger partial charge is 0.327 e. The summed E-state index contributed by atoms with van der Waals surface area (Å²) in [7, 11) is 0. The van der Waals surface area contributed by atoms with Crippen LogP contribution in [-0.4, -0.2) is 136 Å². The molecular weight excluding hydrogens is 740 g/mol. The van der Waals surface area contributed by atoms with E-state index >= 15 is 0 Å². The van der Waals surface area contributed by atoms with Gasteiger partial charge in [-0.05, 0) is 30.7 Å². The van der Waals surface area contributed by atoms with E-state index in [1.165, 1.54) is 30.5 Å². The van der Waals surface area contributed by atoms with Crippen LogP contribution in [0.3, 0.4) is 0 Å². The van der Waals surface area contributed by atoms with Crippen LogP contribution in [0.4, 0.5) is 11.6 Å². The van der Waals surface area contributed by atoms with Crippen molar-refractivity contribution in [2.24, 2.45) is 0 Å². The number of nitrogen functional groups attached to an aromatic ring is 1. The first-order valence-electron chi connectivity index (χ1n) is 15.9. The molecule has 0 aliphatic carbocycles. The first-order chi connectivity index (χ1) is 25.6. The number of thiol groups is 1. The number of benzene rings is 1. The van der Waals surface area contributed by atoms with E-state index in [9.17, 15) is 54.0 Å². The lowest BCUT2D eigenvalue weighted by atomic mass is 9.95. The van der Waals surface area contributed by atoms with Gasteiger partial charge in [0.15, 0.2) is 23.6 Å². The number of H-pyrrole nitrogens is 1. The number of ether oxygens (including phenoxy) is 1. The highest BCUT2D eigenvalue weighted by atomic mass is 32.1. The summed E-state index contributed by atoms with van der Waals surface area (Å²) in [5.74, 6) is -7.00. The molecule has 290 valence electrons. The number of carbonyl (C=O) groups excluding carboxylic acids is 4. The van der Waals surface area contributed by atoms with Gasteiger partial charge in [-0.3, -0.25) is 29.0 Å². The van der Waals surface area contributed by atoms with Gasteiger partial charge in [0.2, 0.25) is 17.8 Å². The summed E-state index contributed by atoms with van der Waals surface area (Å²) in [4.78, 5) is 99.8. The molecule has 5 unspecified atom stereocenters. The molecule has 1 aromatic carbocycles. The summed E-state index contributed by atoms with van der Waals surface area (Å²) < 4.78 is 4.94. The Morgan fingerprint density at radius 3 is 2.28 bits per heavy atom. The number of aromatic amines is 1. The fraction of sp³-hybridized carbons (Fsp3) is 0.400. The van der Waals surface area contributed by atoms with Gasteiger partial charge in [0, 0.05) is 23.4 Å². The quantitative estimate of drug-likeness (QED) is 0.0609. The summed E-state index contributed by atoms with van der Waals surface area (Å²) in [5.41, 5.74) is 6.04. The van der Waals surface area contributed by atoms with E-state index in [0.29, 0.717) is 11.4 Å². The SMILES string of the molecule is Nc1nc2ncc(CNc3ccc(C(=O)N[C@@H](CCC(=O)NC4C(O)C(O)OC(C(=O)NCC(=O)N[C@@H](CS)C(=O)O)C4O)C(=O)O)cc3)nc2c(=O)[nH]1. The van der Waals surface area contributed by atoms with Gasteiger partial charge in [0.1, 0.15) is 24.3 Å². The van der Waals surface area contributed by atoms with Gasteiger partial charge >= 0.3 is 11.9 Å². The van der Waals surface area contributed by atoms with Gasteiger partial charge in [0.25, 0.3) is 17.4 Å². The van der Waals surface area contributed by atoms with Gasteiger partial charge < -0.3 is 62.6 Å². The first kappa shape index (κ1) is 40.8. The number of carboxylic acid groups (broad SMARTS) is 2. The second kappa shape index (κ2) is 18.2. The van der Waals surface area contributed by atoms with Crippen molar-refractivity contribution in [3.05, 3.63) is 52.1 Å². The third-order valence-corrected chi connectivity index (χ3v) is 8.18. The molecule has 2 aromatic heterocycles. The molecule has 23 nitrogen and oxygen atoms in total. The van der Waals surface area contributed by atoms with E-state index in [0.717, 1.165) is 0 Å². The predicted octanol–water partition coefficient (Wildman–Crippen LogP) is -4.59. The highest BCUT2D eigenvalue weighted by Gasteiger charge is 2.47. The number of aliphatic hydroxyl groups is 3. The lowest BCUT2D eigenvalue weighted by Crippen LogP contribution is -2.66. The third-order valence-electron chi connectivity index (χ3n) is 7.82. The lowest BCUT2D eigenvalue weighted by molar-refractivity contribution is -0.251. The minimum atomic E-state index is -2.09. The molecule has 0 bridgehead atoms. The molecule has 4 rings (SSSR count). The number of aliphatic carboxylic acids is 2. The van der Waals surface area contributed by atoms with Crippen molar-refractivity contribution < 1.29 is 59.0 Å². The molecule has 1 saturated heterocycles. The highest BCUT2D eigenvalue weighted by Crippen LogP contribution is 2.21. The summed E-state index contributed by atoms with van der Waals surface area (Å²) in [5, 5.41) is 61.6. The molecule has 13 N–H and O–H groups in total. The van der Waals surface area contributed by atoms with Crippen LogP contribution in [0.15, 0.2) is 35.3 Å². The molecule has 3 heterocycles. The molecule has 3 aromatic rings. The van der Waals surface area contributed by atoms with Crippen LogP contribution in [0.5, 0.6) is 0 Å². The number of anilines is 2. The van der Waals surface area contributed by atoms with Gasteiger partial charge in [-0.1, -0.05) is 0 Å². The van der Waals surface area contributed by atoms with E-state index in [4.69, 9.17) is 15.6 Å². The molecule has 0 radical (unpaired) electrons. The van der Waals surface area contributed by atoms with Gasteiger partial charge in [-0.25, -0.2) is 19.6 Å². The van der Waals surface area contributed by atoms with E-state index in [1.54, 1.807) is 0 Å². The number of carbonyl (C=O) groups is 6. The molecule has 0 saturated carbocycles. The van der Waals surface area contributed by atoms with Crippen LogP contribution in [0.25, 0.3) is 11.2 Å². The number of amides is 4. The Bertz CT molecular complexity index is 1950. The van der Waals surface area contributed by atoms with Gasteiger partial charge in [0.05, 0.1) is 31.0 Å². The van der Waals surface area contributed by atoms with Crippen molar-refractivity contribution in [2.75, 3.05) is 23.3 Å². The van der Waals surface area contributed by atoms with Crippen LogP contribution < -0.4 is 37.9 Å². The van der Waals surface area contributed by atoms with Crippen molar-refractivity contribution in [1.29, 1.82) is 0 Å². The molecule has 24 heteroatoms. The van der Waals surface area contributed by atoms with Crippen LogP contribution in [0.1, 0.15) is 28.9 Å². The number of aromatic nitrogens is 4. The number of nitrogens with zero attached hydrogens (tertiary/aromatic N) is 3. The van der Waals surface area contributed by atoms with E-state index < -0.39 is 103 Å². The Morgan fingerprint density at radius 1 is 0.944 bits per heavy atom. The first-order valence-corrected chi connectivity index (χ1v) is 16.5. The largest absolute Gasteiger partial charge is 0.480 e. The molecule has 1 aliphatic heterocycles. The number of rotatable bonds is 16. The maximum absolute atomic E-state index is 12.8. The molecule has 0 spiro atoms. The zero-order chi connectivity index (χ0) is 39.7. The Hall–Kier alpha value is -5.95. The van der Waals surface area contributed by atoms with Crippen LogP contribution in [0, 0.1) is 0 Å². The van der Waals surface area contributed by atoms with E-state index in [2.05, 4.69) is 59.1 Å². The summed E-state index contributed by atoms with van der Waals surface area (Å²) in [6, 6.07) is 1.24. The Balaban J connectivity index is 1.28. The normalized spacial score (nSPS) is 20.6. The van der Waals surface area contributed by atoms with E-state index in [-0.39, 0.29) is 35.0 Å². The average molecular weight is 777 g/mol. The number of carboxylic acids is 2. The fourth-order valence-electron chi connectivity index (χ4n) is 4.99. The second-order valence-corrected chi connectivity index (χ2v) is 12.1. The number of nitrogens with two attached hydrogens (primary N) is 1. The number of nitrogens with one attached hydrogen (secondary N) is 6. The Kier molecular flexibility index (Phi) is 13.8. The molecule has 7 atom stereocenters. The minimum Gasteiger partial charge on any atom is -0.480 e. The molecule has 54 heavy (non-hydrogen) atoms. The predicted molar refractivity (Wildman–Crippen MR) is 186 cm³/mol. The monoisotopic (exact) mass is 776 g/mol. The summed E-state index contributed by atoms with van der Waals surface area (Å²) in [6.07, 6.45) is -7.54. The summed E-state index contributed by atoms with van der Waals surface area (Å²) in [6.45, 7) is -0.620. The molecule has 4 amide bonds. The fourth-order valence-corrected chi connectivity index (χ4v) is 5.23. The lowest BCUT2D eigenvalue weighted by Gasteiger charge is -2.40. The molecular formula is C30H36N10O13S. The minimum absolute atomic E-state index is 0.00280. The standard InChI is InChI=1S/C30H36N10O13S/c31-30-39-23-19(25(46)40-30)35-13(8-33-23)7-32-12-3-1-11(2-4-12)24(45)37-14(27(48)49)5-6-16(41)38-18-20(43)22(53-29(52)21(18)44)26(47)34-9-17(42)36-15(10-54)28(50)51/h1-4,8,14-15,18,20-22,29,32,43-44,52,54H,5-7,9-10H2,(H,34,47)(H,36,42)(H,37,45)(H,38,41)(H,48,49)(H,50,51)(H3,31,33,39,40,46)/t14-,15-,18?,20?,21?,22?,29?/m0/s1. The van der Waals surface area contributed by atoms with Crippen LogP contribution >= 0.6 is 12.6 Å². The number of hydrogen-bond acceptors (Lipinski definition) is 17. The molecule has 1 aliphatic rings. The summed E-state index contributed by atoms with van der Waals surface area (Å²) >= 11 is 3.80. The van der Waals surface area contributed by atoms with Crippen LogP contribution in [-0.2, 0) is 35.3 Å². The van der Waals surface area contributed by atoms with Crippen molar-refractivity contribution in [1.82, 2.24) is 41.2 Å². The molecule has 1 fully saturated rings.